The summed E-state index contributed by atoms with van der Waals surface area (Å²) in [6, 6.07) is 11.0. The van der Waals surface area contributed by atoms with E-state index in [0.29, 0.717) is 5.69 Å². The lowest BCUT2D eigenvalue weighted by Crippen LogP contribution is -2.12. The highest BCUT2D eigenvalue weighted by molar-refractivity contribution is 6.34. The summed E-state index contributed by atoms with van der Waals surface area (Å²) in [5.41, 5.74) is 6.74. The second-order valence-electron chi connectivity index (χ2n) is 4.14. The van der Waals surface area contributed by atoms with E-state index in [9.17, 15) is 9.18 Å². The smallest absolute Gasteiger partial charge is 0.257 e. The van der Waals surface area contributed by atoms with Crippen LogP contribution in [0.25, 0.3) is 0 Å². The van der Waals surface area contributed by atoms with Gasteiger partial charge in [-0.1, -0.05) is 29.5 Å². The SMILES string of the molecule is NCC#Cc1ccc(NC(=O)c2cccc(F)c2Cl)cc1. The first-order valence-electron chi connectivity index (χ1n) is 6.16. The summed E-state index contributed by atoms with van der Waals surface area (Å²) in [4.78, 5) is 12.0. The van der Waals surface area contributed by atoms with E-state index in [0.717, 1.165) is 5.56 Å². The predicted octanol–water partition coefficient (Wildman–Crippen LogP) is 3.04. The van der Waals surface area contributed by atoms with Crippen LogP contribution in [0.3, 0.4) is 0 Å². The quantitative estimate of drug-likeness (QED) is 0.838. The summed E-state index contributed by atoms with van der Waals surface area (Å²) < 4.78 is 13.3. The van der Waals surface area contributed by atoms with Gasteiger partial charge < -0.3 is 11.1 Å². The number of carbonyl (C=O) groups excluding carboxylic acids is 1. The summed E-state index contributed by atoms with van der Waals surface area (Å²) in [7, 11) is 0. The summed E-state index contributed by atoms with van der Waals surface area (Å²) in [5.74, 6) is 4.51. The number of amides is 1. The molecule has 2 rings (SSSR count). The molecule has 0 radical (unpaired) electrons. The van der Waals surface area contributed by atoms with Crippen LogP contribution in [0.4, 0.5) is 10.1 Å². The average Bonchev–Trinajstić information content (AvgIpc) is 2.49. The first-order valence-corrected chi connectivity index (χ1v) is 6.54. The topological polar surface area (TPSA) is 55.1 Å². The van der Waals surface area contributed by atoms with E-state index in [1.807, 2.05) is 0 Å². The molecule has 21 heavy (non-hydrogen) atoms. The highest BCUT2D eigenvalue weighted by Gasteiger charge is 2.13. The predicted molar refractivity (Wildman–Crippen MR) is 81.7 cm³/mol. The zero-order valence-corrected chi connectivity index (χ0v) is 11.7. The lowest BCUT2D eigenvalue weighted by Gasteiger charge is -2.07. The molecule has 0 unspecified atom stereocenters. The van der Waals surface area contributed by atoms with Crippen LogP contribution in [-0.4, -0.2) is 12.5 Å². The Morgan fingerprint density at radius 1 is 1.24 bits per heavy atom. The van der Waals surface area contributed by atoms with Crippen molar-refractivity contribution in [3.05, 3.63) is 64.4 Å². The molecule has 0 saturated heterocycles. The third-order valence-electron chi connectivity index (χ3n) is 2.67. The van der Waals surface area contributed by atoms with Crippen molar-refractivity contribution in [2.24, 2.45) is 5.73 Å². The molecule has 3 nitrogen and oxygen atoms in total. The maximum atomic E-state index is 13.3. The second kappa shape index (κ2) is 6.89. The van der Waals surface area contributed by atoms with Crippen molar-refractivity contribution in [1.29, 1.82) is 0 Å². The molecule has 2 aromatic carbocycles. The van der Waals surface area contributed by atoms with E-state index in [1.165, 1.54) is 18.2 Å². The number of rotatable bonds is 2. The molecule has 0 aliphatic carbocycles. The van der Waals surface area contributed by atoms with E-state index in [4.69, 9.17) is 17.3 Å². The number of hydrogen-bond donors (Lipinski definition) is 2. The van der Waals surface area contributed by atoms with Crippen LogP contribution in [0.15, 0.2) is 42.5 Å². The lowest BCUT2D eigenvalue weighted by atomic mass is 10.1. The van der Waals surface area contributed by atoms with Crippen LogP contribution < -0.4 is 11.1 Å². The molecule has 5 heteroatoms. The molecule has 0 saturated carbocycles. The van der Waals surface area contributed by atoms with Gasteiger partial charge in [0.15, 0.2) is 0 Å². The Morgan fingerprint density at radius 3 is 2.62 bits per heavy atom. The Hall–Kier alpha value is -2.35. The van der Waals surface area contributed by atoms with Crippen LogP contribution in [0.5, 0.6) is 0 Å². The van der Waals surface area contributed by atoms with E-state index in [2.05, 4.69) is 17.2 Å². The summed E-state index contributed by atoms with van der Waals surface area (Å²) in [6.45, 7) is 0.288. The van der Waals surface area contributed by atoms with Crippen LogP contribution in [0, 0.1) is 17.7 Å². The van der Waals surface area contributed by atoms with E-state index in [1.54, 1.807) is 24.3 Å². The molecule has 0 fully saturated rings. The van der Waals surface area contributed by atoms with E-state index < -0.39 is 11.7 Å². The minimum Gasteiger partial charge on any atom is -0.322 e. The fraction of sp³-hybridized carbons (Fsp3) is 0.0625. The third-order valence-corrected chi connectivity index (χ3v) is 3.06. The molecule has 0 heterocycles. The van der Waals surface area contributed by atoms with Crippen LogP contribution >= 0.6 is 11.6 Å². The zero-order valence-electron chi connectivity index (χ0n) is 11.0. The number of carbonyl (C=O) groups is 1. The largest absolute Gasteiger partial charge is 0.322 e. The standard InChI is InChI=1S/C16H12ClFN2O/c17-15-13(4-1-5-14(15)18)16(21)20-12-8-6-11(7-9-12)3-2-10-19/h1,4-9H,10,19H2,(H,20,21). The Kier molecular flexibility index (Phi) is 4.94. The maximum absolute atomic E-state index is 13.3. The first-order chi connectivity index (χ1) is 10.1. The number of anilines is 1. The Labute approximate surface area is 126 Å². The van der Waals surface area contributed by atoms with Crippen molar-refractivity contribution in [3.63, 3.8) is 0 Å². The molecule has 106 valence electrons. The van der Waals surface area contributed by atoms with Gasteiger partial charge in [-0.25, -0.2) is 4.39 Å². The number of nitrogens with one attached hydrogen (secondary N) is 1. The van der Waals surface area contributed by atoms with E-state index in [-0.39, 0.29) is 17.1 Å². The fourth-order valence-electron chi connectivity index (χ4n) is 1.67. The van der Waals surface area contributed by atoms with Gasteiger partial charge >= 0.3 is 0 Å². The second-order valence-corrected chi connectivity index (χ2v) is 4.52. The van der Waals surface area contributed by atoms with E-state index >= 15 is 0 Å². The van der Waals surface area contributed by atoms with Crippen LogP contribution in [0.2, 0.25) is 5.02 Å². The fourth-order valence-corrected chi connectivity index (χ4v) is 1.88. The van der Waals surface area contributed by atoms with Gasteiger partial charge in [-0.05, 0) is 36.4 Å². The summed E-state index contributed by atoms with van der Waals surface area (Å²) in [6.07, 6.45) is 0. The molecule has 3 N–H and O–H groups in total. The average molecular weight is 303 g/mol. The van der Waals surface area contributed by atoms with Gasteiger partial charge in [-0.15, -0.1) is 0 Å². The van der Waals surface area contributed by atoms with Crippen molar-refractivity contribution >= 4 is 23.2 Å². The molecule has 0 aromatic heterocycles. The first kappa shape index (κ1) is 15.0. The number of halogens is 2. The minimum atomic E-state index is -0.628. The number of nitrogens with two attached hydrogens (primary N) is 1. The van der Waals surface area contributed by atoms with Crippen LogP contribution in [-0.2, 0) is 0 Å². The minimum absolute atomic E-state index is 0.0867. The van der Waals surface area contributed by atoms with Crippen molar-refractivity contribution in [2.45, 2.75) is 0 Å². The Bertz CT molecular complexity index is 717. The van der Waals surface area contributed by atoms with Gasteiger partial charge in [0.2, 0.25) is 0 Å². The highest BCUT2D eigenvalue weighted by Crippen LogP contribution is 2.21. The van der Waals surface area contributed by atoms with Gasteiger partial charge in [0.05, 0.1) is 17.1 Å². The normalized spacial score (nSPS) is 9.67. The molecule has 0 aliphatic heterocycles. The van der Waals surface area contributed by atoms with Crippen molar-refractivity contribution < 1.29 is 9.18 Å². The molecular formula is C16H12ClFN2O. The van der Waals surface area contributed by atoms with Crippen molar-refractivity contribution in [2.75, 3.05) is 11.9 Å². The molecular weight excluding hydrogens is 291 g/mol. The Balaban J connectivity index is 2.14. The van der Waals surface area contributed by atoms with Crippen molar-refractivity contribution in [1.82, 2.24) is 0 Å². The molecule has 0 aliphatic rings. The van der Waals surface area contributed by atoms with Gasteiger partial charge in [0.1, 0.15) is 5.82 Å². The molecule has 0 bridgehead atoms. The molecule has 1 amide bonds. The number of hydrogen-bond acceptors (Lipinski definition) is 2. The van der Waals surface area contributed by atoms with Gasteiger partial charge in [0.25, 0.3) is 5.91 Å². The van der Waals surface area contributed by atoms with Gasteiger partial charge in [-0.2, -0.15) is 0 Å². The van der Waals surface area contributed by atoms with Gasteiger partial charge in [-0.3, -0.25) is 4.79 Å². The number of benzene rings is 2. The third kappa shape index (κ3) is 3.82. The van der Waals surface area contributed by atoms with Crippen molar-refractivity contribution in [3.8, 4) is 11.8 Å². The van der Waals surface area contributed by atoms with Crippen LogP contribution in [0.1, 0.15) is 15.9 Å². The molecule has 2 aromatic rings. The highest BCUT2D eigenvalue weighted by atomic mass is 35.5. The Morgan fingerprint density at radius 2 is 1.95 bits per heavy atom. The molecule has 0 atom stereocenters. The lowest BCUT2D eigenvalue weighted by molar-refractivity contribution is 0.102. The zero-order chi connectivity index (χ0) is 15.2. The maximum Gasteiger partial charge on any atom is 0.257 e. The van der Waals surface area contributed by atoms with Gasteiger partial charge in [0, 0.05) is 11.3 Å². The monoisotopic (exact) mass is 302 g/mol. The summed E-state index contributed by atoms with van der Waals surface area (Å²) >= 11 is 5.77. The summed E-state index contributed by atoms with van der Waals surface area (Å²) in [5, 5.41) is 2.45. The molecule has 0 spiro atoms.